The van der Waals surface area contributed by atoms with Gasteiger partial charge in [-0.2, -0.15) is 0 Å². The van der Waals surface area contributed by atoms with Crippen molar-refractivity contribution in [1.29, 1.82) is 0 Å². The molecule has 0 amide bonds. The van der Waals surface area contributed by atoms with Crippen molar-refractivity contribution in [2.75, 3.05) is 0 Å². The van der Waals surface area contributed by atoms with Gasteiger partial charge in [-0.05, 0) is 37.3 Å². The highest BCUT2D eigenvalue weighted by molar-refractivity contribution is 5.81. The highest BCUT2D eigenvalue weighted by atomic mass is 16.5. The first-order chi connectivity index (χ1) is 10.5. The fourth-order valence-electron chi connectivity index (χ4n) is 2.18. The third-order valence-electron chi connectivity index (χ3n) is 3.13. The largest absolute Gasteiger partial charge is 0.427 e. The van der Waals surface area contributed by atoms with E-state index >= 15 is 0 Å². The summed E-state index contributed by atoms with van der Waals surface area (Å²) in [5, 5.41) is 0.273. The second kappa shape index (κ2) is 5.44. The number of hydrogen-bond donors (Lipinski definition) is 0. The maximum Gasteiger partial charge on any atom is 0.347 e. The van der Waals surface area contributed by atoms with Gasteiger partial charge in [-0.1, -0.05) is 17.7 Å². The molecule has 3 aromatic rings. The molecule has 0 N–H and O–H groups in total. The van der Waals surface area contributed by atoms with E-state index in [0.29, 0.717) is 5.52 Å². The first-order valence-corrected chi connectivity index (χ1v) is 6.73. The first kappa shape index (κ1) is 14.0. The Hall–Kier alpha value is -2.95. The van der Waals surface area contributed by atoms with Gasteiger partial charge in [0, 0.05) is 12.5 Å². The van der Waals surface area contributed by atoms with Crippen LogP contribution in [0.15, 0.2) is 51.7 Å². The lowest BCUT2D eigenvalue weighted by atomic mass is 10.1. The molecule has 0 bridgehead atoms. The molecule has 0 spiro atoms. The number of hydrogen-bond acceptors (Lipinski definition) is 5. The van der Waals surface area contributed by atoms with E-state index in [1.807, 2.05) is 31.2 Å². The zero-order valence-electron chi connectivity index (χ0n) is 12.1. The van der Waals surface area contributed by atoms with Gasteiger partial charge in [-0.3, -0.25) is 4.79 Å². The van der Waals surface area contributed by atoms with Crippen LogP contribution in [0.4, 0.5) is 0 Å². The normalized spacial score (nSPS) is 10.6. The van der Waals surface area contributed by atoms with Crippen molar-refractivity contribution in [3.8, 4) is 17.2 Å². The van der Waals surface area contributed by atoms with Gasteiger partial charge in [0.2, 0.25) is 5.89 Å². The molecule has 0 atom stereocenters. The number of carbonyl (C=O) groups excluding carboxylic acids is 1. The van der Waals surface area contributed by atoms with Crippen LogP contribution in [0, 0.1) is 6.92 Å². The zero-order valence-corrected chi connectivity index (χ0v) is 12.1. The van der Waals surface area contributed by atoms with Gasteiger partial charge in [-0.15, -0.1) is 0 Å². The number of benzene rings is 2. The van der Waals surface area contributed by atoms with Crippen molar-refractivity contribution in [1.82, 2.24) is 4.98 Å². The summed E-state index contributed by atoms with van der Waals surface area (Å²) in [7, 11) is 0. The highest BCUT2D eigenvalue weighted by Gasteiger charge is 2.10. The molecule has 110 valence electrons. The highest BCUT2D eigenvalue weighted by Crippen LogP contribution is 2.22. The predicted molar refractivity (Wildman–Crippen MR) is 81.8 cm³/mol. The summed E-state index contributed by atoms with van der Waals surface area (Å²) in [6.45, 7) is 3.25. The third kappa shape index (κ3) is 2.74. The van der Waals surface area contributed by atoms with Crippen LogP contribution in [0.3, 0.4) is 0 Å². The van der Waals surface area contributed by atoms with Crippen LogP contribution in [0.2, 0.25) is 0 Å². The van der Waals surface area contributed by atoms with Crippen LogP contribution >= 0.6 is 0 Å². The van der Waals surface area contributed by atoms with E-state index in [0.717, 1.165) is 11.1 Å². The molecule has 0 aliphatic rings. The number of nitrogens with zero attached hydrogens (tertiary/aromatic N) is 1. The van der Waals surface area contributed by atoms with Gasteiger partial charge in [0.15, 0.2) is 0 Å². The van der Waals surface area contributed by atoms with Gasteiger partial charge < -0.3 is 9.15 Å². The first-order valence-electron chi connectivity index (χ1n) is 6.73. The number of aryl methyl sites for hydroxylation is 1. The minimum Gasteiger partial charge on any atom is -0.427 e. The molecule has 2 aromatic carbocycles. The smallest absolute Gasteiger partial charge is 0.347 e. The molecule has 1 heterocycles. The molecule has 0 saturated carbocycles. The molecule has 0 aliphatic carbocycles. The standard InChI is InChI=1S/C17H13NO4/c1-10-4-3-5-12(8-10)16-18-15-7-6-13(21-11(2)19)9-14(15)17(20)22-16/h3-9H,1-2H3. The van der Waals surface area contributed by atoms with Gasteiger partial charge in [0.05, 0.1) is 10.9 Å². The summed E-state index contributed by atoms with van der Waals surface area (Å²) in [6.07, 6.45) is 0. The number of ether oxygens (including phenoxy) is 1. The van der Waals surface area contributed by atoms with Crippen LogP contribution < -0.4 is 10.4 Å². The summed E-state index contributed by atoms with van der Waals surface area (Å²) in [4.78, 5) is 27.5. The van der Waals surface area contributed by atoms with Crippen LogP contribution in [-0.2, 0) is 4.79 Å². The molecule has 0 fully saturated rings. The van der Waals surface area contributed by atoms with E-state index in [4.69, 9.17) is 9.15 Å². The Kier molecular flexibility index (Phi) is 3.47. The van der Waals surface area contributed by atoms with E-state index in [1.165, 1.54) is 13.0 Å². The van der Waals surface area contributed by atoms with E-state index in [2.05, 4.69) is 4.98 Å². The van der Waals surface area contributed by atoms with E-state index in [1.54, 1.807) is 12.1 Å². The molecule has 0 radical (unpaired) electrons. The molecular weight excluding hydrogens is 282 g/mol. The molecule has 0 unspecified atom stereocenters. The number of aromatic nitrogens is 1. The van der Waals surface area contributed by atoms with Gasteiger partial charge in [0.25, 0.3) is 0 Å². The van der Waals surface area contributed by atoms with Crippen molar-refractivity contribution in [2.45, 2.75) is 13.8 Å². The second-order valence-electron chi connectivity index (χ2n) is 4.95. The van der Waals surface area contributed by atoms with Crippen molar-refractivity contribution >= 4 is 16.9 Å². The lowest BCUT2D eigenvalue weighted by Gasteiger charge is -2.04. The molecule has 3 rings (SSSR count). The summed E-state index contributed by atoms with van der Waals surface area (Å²) in [5.41, 5.74) is 1.76. The topological polar surface area (TPSA) is 69.4 Å². The summed E-state index contributed by atoms with van der Waals surface area (Å²) in [6, 6.07) is 12.2. The van der Waals surface area contributed by atoms with Crippen molar-refractivity contribution in [3.63, 3.8) is 0 Å². The van der Waals surface area contributed by atoms with Gasteiger partial charge in [-0.25, -0.2) is 9.78 Å². The maximum atomic E-state index is 12.1. The SMILES string of the molecule is CC(=O)Oc1ccc2nc(-c3cccc(C)c3)oc(=O)c2c1. The Labute approximate surface area is 126 Å². The Morgan fingerprint density at radius 3 is 2.73 bits per heavy atom. The molecule has 5 nitrogen and oxygen atoms in total. The summed E-state index contributed by atoms with van der Waals surface area (Å²) >= 11 is 0. The number of rotatable bonds is 2. The molecule has 5 heteroatoms. The van der Waals surface area contributed by atoms with Crippen molar-refractivity contribution < 1.29 is 13.9 Å². The number of esters is 1. The fraction of sp³-hybridized carbons (Fsp3) is 0.118. The van der Waals surface area contributed by atoms with Gasteiger partial charge >= 0.3 is 11.6 Å². The number of fused-ring (bicyclic) bond motifs is 1. The summed E-state index contributed by atoms with van der Waals surface area (Å²) in [5.74, 6) is 0.104. The molecule has 0 aliphatic heterocycles. The Morgan fingerprint density at radius 2 is 2.00 bits per heavy atom. The maximum absolute atomic E-state index is 12.1. The minimum absolute atomic E-state index is 0.265. The molecule has 1 aromatic heterocycles. The Morgan fingerprint density at radius 1 is 1.18 bits per heavy atom. The average Bonchev–Trinajstić information content (AvgIpc) is 2.47. The Balaban J connectivity index is 2.13. The van der Waals surface area contributed by atoms with Crippen LogP contribution in [0.25, 0.3) is 22.4 Å². The van der Waals surface area contributed by atoms with Crippen LogP contribution in [-0.4, -0.2) is 11.0 Å². The molecule has 22 heavy (non-hydrogen) atoms. The quantitative estimate of drug-likeness (QED) is 0.536. The Bertz CT molecular complexity index is 927. The lowest BCUT2D eigenvalue weighted by Crippen LogP contribution is -2.05. The predicted octanol–water partition coefficient (Wildman–Crippen LogP) is 3.09. The fourth-order valence-corrected chi connectivity index (χ4v) is 2.18. The monoisotopic (exact) mass is 295 g/mol. The molecular formula is C17H13NO4. The van der Waals surface area contributed by atoms with E-state index < -0.39 is 11.6 Å². The van der Waals surface area contributed by atoms with Crippen molar-refractivity contribution in [2.24, 2.45) is 0 Å². The van der Waals surface area contributed by atoms with Crippen LogP contribution in [0.5, 0.6) is 5.75 Å². The van der Waals surface area contributed by atoms with E-state index in [-0.39, 0.29) is 17.0 Å². The van der Waals surface area contributed by atoms with E-state index in [9.17, 15) is 9.59 Å². The third-order valence-corrected chi connectivity index (χ3v) is 3.13. The number of carbonyl (C=O) groups is 1. The average molecular weight is 295 g/mol. The van der Waals surface area contributed by atoms with Crippen molar-refractivity contribution in [3.05, 3.63) is 58.4 Å². The van der Waals surface area contributed by atoms with Crippen LogP contribution in [0.1, 0.15) is 12.5 Å². The second-order valence-corrected chi connectivity index (χ2v) is 4.95. The van der Waals surface area contributed by atoms with Gasteiger partial charge in [0.1, 0.15) is 5.75 Å². The molecule has 0 saturated heterocycles. The zero-order chi connectivity index (χ0) is 15.7. The minimum atomic E-state index is -0.518. The summed E-state index contributed by atoms with van der Waals surface area (Å²) < 4.78 is 10.2. The lowest BCUT2D eigenvalue weighted by molar-refractivity contribution is -0.131.